The van der Waals surface area contributed by atoms with Gasteiger partial charge in [-0.2, -0.15) is 0 Å². The summed E-state index contributed by atoms with van der Waals surface area (Å²) in [6, 6.07) is 6.94. The normalized spacial score (nSPS) is 12.1. The van der Waals surface area contributed by atoms with Gasteiger partial charge in [-0.15, -0.1) is 0 Å². The van der Waals surface area contributed by atoms with Crippen LogP contribution in [0.4, 0.5) is 5.69 Å². The number of nitrogen functional groups attached to an aromatic ring is 1. The second-order valence-electron chi connectivity index (χ2n) is 3.66. The van der Waals surface area contributed by atoms with E-state index in [1.807, 2.05) is 0 Å². The van der Waals surface area contributed by atoms with E-state index in [4.69, 9.17) is 5.73 Å². The molecule has 2 N–H and O–H groups in total. The number of hydrogen-bond acceptors (Lipinski definition) is 3. The van der Waals surface area contributed by atoms with Gasteiger partial charge in [-0.25, -0.2) is 0 Å². The first-order chi connectivity index (χ1) is 7.50. The van der Waals surface area contributed by atoms with Crippen LogP contribution in [0.15, 0.2) is 29.2 Å². The molecule has 1 atom stereocenters. The van der Waals surface area contributed by atoms with Crippen LogP contribution >= 0.6 is 0 Å². The lowest BCUT2D eigenvalue weighted by Gasteiger charge is -2.09. The zero-order chi connectivity index (χ0) is 12.1. The highest BCUT2D eigenvalue weighted by atomic mass is 32.2. The van der Waals surface area contributed by atoms with Gasteiger partial charge in [0.1, 0.15) is 0 Å². The fraction of sp³-hybridized carbons (Fsp3) is 0.364. The maximum Gasteiger partial charge on any atom is 0.222 e. The molecule has 0 saturated heterocycles. The van der Waals surface area contributed by atoms with Gasteiger partial charge in [0.05, 0.1) is 10.8 Å². The van der Waals surface area contributed by atoms with Crippen LogP contribution in [0.25, 0.3) is 0 Å². The number of carbonyl (C=O) groups is 1. The van der Waals surface area contributed by atoms with Crippen LogP contribution in [0, 0.1) is 0 Å². The van der Waals surface area contributed by atoms with Gasteiger partial charge in [0.2, 0.25) is 5.91 Å². The third-order valence-corrected chi connectivity index (χ3v) is 3.48. The molecular formula is C11H16N2O2S. The molecule has 1 aromatic rings. The average Bonchev–Trinajstić information content (AvgIpc) is 2.25. The quantitative estimate of drug-likeness (QED) is 0.794. The number of nitrogens with zero attached hydrogens (tertiary/aromatic N) is 1. The molecule has 88 valence electrons. The molecule has 0 heterocycles. The highest BCUT2D eigenvalue weighted by Crippen LogP contribution is 2.11. The Morgan fingerprint density at radius 1 is 1.44 bits per heavy atom. The molecule has 1 amide bonds. The Balaban J connectivity index is 2.57. The van der Waals surface area contributed by atoms with Crippen molar-refractivity contribution in [2.75, 3.05) is 25.6 Å². The van der Waals surface area contributed by atoms with Crippen molar-refractivity contribution < 1.29 is 9.00 Å². The number of carbonyl (C=O) groups excluding carboxylic acids is 1. The Labute approximate surface area is 97.9 Å². The van der Waals surface area contributed by atoms with Gasteiger partial charge in [0.15, 0.2) is 0 Å². The van der Waals surface area contributed by atoms with Crippen molar-refractivity contribution in [1.29, 1.82) is 0 Å². The average molecular weight is 240 g/mol. The fourth-order valence-corrected chi connectivity index (χ4v) is 2.27. The number of amides is 1. The minimum Gasteiger partial charge on any atom is -0.399 e. The topological polar surface area (TPSA) is 63.4 Å². The predicted octanol–water partition coefficient (Wildman–Crippen LogP) is 0.855. The molecule has 0 aliphatic rings. The second-order valence-corrected chi connectivity index (χ2v) is 5.23. The second kappa shape index (κ2) is 5.65. The van der Waals surface area contributed by atoms with E-state index in [0.29, 0.717) is 16.3 Å². The largest absolute Gasteiger partial charge is 0.399 e. The summed E-state index contributed by atoms with van der Waals surface area (Å²) in [7, 11) is 2.21. The molecule has 1 unspecified atom stereocenters. The zero-order valence-electron chi connectivity index (χ0n) is 9.47. The van der Waals surface area contributed by atoms with Crippen LogP contribution in [0.5, 0.6) is 0 Å². The molecule has 0 saturated carbocycles. The van der Waals surface area contributed by atoms with E-state index >= 15 is 0 Å². The van der Waals surface area contributed by atoms with Crippen LogP contribution in [0.3, 0.4) is 0 Å². The Kier molecular flexibility index (Phi) is 4.49. The molecule has 16 heavy (non-hydrogen) atoms. The SMILES string of the molecule is CN(C)C(=O)CCS(=O)c1cccc(N)c1. The Hall–Kier alpha value is -1.36. The molecule has 1 rings (SSSR count). The monoisotopic (exact) mass is 240 g/mol. The van der Waals surface area contributed by atoms with Crippen LogP contribution in [0.2, 0.25) is 0 Å². The highest BCUT2D eigenvalue weighted by molar-refractivity contribution is 7.85. The van der Waals surface area contributed by atoms with E-state index in [-0.39, 0.29) is 12.3 Å². The van der Waals surface area contributed by atoms with Gasteiger partial charge in [0.25, 0.3) is 0 Å². The van der Waals surface area contributed by atoms with Crippen molar-refractivity contribution in [3.05, 3.63) is 24.3 Å². The number of hydrogen-bond donors (Lipinski definition) is 1. The summed E-state index contributed by atoms with van der Waals surface area (Å²) >= 11 is 0. The highest BCUT2D eigenvalue weighted by Gasteiger charge is 2.09. The van der Waals surface area contributed by atoms with Gasteiger partial charge in [-0.1, -0.05) is 6.07 Å². The molecule has 0 fully saturated rings. The summed E-state index contributed by atoms with van der Waals surface area (Å²) in [5, 5.41) is 0. The van der Waals surface area contributed by atoms with E-state index in [1.54, 1.807) is 38.4 Å². The van der Waals surface area contributed by atoms with Gasteiger partial charge < -0.3 is 10.6 Å². The predicted molar refractivity (Wildman–Crippen MR) is 65.4 cm³/mol. The maximum atomic E-state index is 11.8. The van der Waals surface area contributed by atoms with E-state index in [9.17, 15) is 9.00 Å². The van der Waals surface area contributed by atoms with Crippen LogP contribution in [-0.2, 0) is 15.6 Å². The first-order valence-electron chi connectivity index (χ1n) is 4.95. The van der Waals surface area contributed by atoms with Crippen molar-refractivity contribution in [3.8, 4) is 0 Å². The van der Waals surface area contributed by atoms with Crippen molar-refractivity contribution in [2.45, 2.75) is 11.3 Å². The third kappa shape index (κ3) is 3.66. The Bertz CT molecular complexity index is 405. The Morgan fingerprint density at radius 2 is 2.12 bits per heavy atom. The number of nitrogens with two attached hydrogens (primary N) is 1. The lowest BCUT2D eigenvalue weighted by atomic mass is 10.3. The number of anilines is 1. The van der Waals surface area contributed by atoms with Crippen molar-refractivity contribution in [3.63, 3.8) is 0 Å². The summed E-state index contributed by atoms with van der Waals surface area (Å²) < 4.78 is 11.8. The molecule has 0 spiro atoms. The third-order valence-electron chi connectivity index (χ3n) is 2.12. The minimum atomic E-state index is -1.16. The molecule has 5 heteroatoms. The number of rotatable bonds is 4. The van der Waals surface area contributed by atoms with Gasteiger partial charge >= 0.3 is 0 Å². The van der Waals surface area contributed by atoms with Gasteiger partial charge in [-0.3, -0.25) is 9.00 Å². The van der Waals surface area contributed by atoms with E-state index in [0.717, 1.165) is 0 Å². The first-order valence-corrected chi connectivity index (χ1v) is 6.26. The Morgan fingerprint density at radius 3 is 2.69 bits per heavy atom. The maximum absolute atomic E-state index is 11.8. The molecular weight excluding hydrogens is 224 g/mol. The minimum absolute atomic E-state index is 0.0164. The molecule has 0 bridgehead atoms. The lowest BCUT2D eigenvalue weighted by molar-refractivity contribution is -0.128. The van der Waals surface area contributed by atoms with Crippen molar-refractivity contribution >= 4 is 22.4 Å². The molecule has 0 aliphatic heterocycles. The summed E-state index contributed by atoms with van der Waals surface area (Å²) in [6.45, 7) is 0. The molecule has 0 aliphatic carbocycles. The zero-order valence-corrected chi connectivity index (χ0v) is 10.3. The van der Waals surface area contributed by atoms with E-state index in [2.05, 4.69) is 0 Å². The smallest absolute Gasteiger partial charge is 0.222 e. The molecule has 0 radical (unpaired) electrons. The fourth-order valence-electron chi connectivity index (χ4n) is 1.18. The first kappa shape index (κ1) is 12.7. The van der Waals surface area contributed by atoms with E-state index < -0.39 is 10.8 Å². The van der Waals surface area contributed by atoms with Crippen LogP contribution < -0.4 is 5.73 Å². The van der Waals surface area contributed by atoms with E-state index in [1.165, 1.54) is 4.90 Å². The molecule has 0 aromatic heterocycles. The summed E-state index contributed by atoms with van der Waals surface area (Å²) in [6.07, 6.45) is 0.286. The lowest BCUT2D eigenvalue weighted by Crippen LogP contribution is -2.23. The summed E-state index contributed by atoms with van der Waals surface area (Å²) in [4.78, 5) is 13.5. The standard InChI is InChI=1S/C11H16N2O2S/c1-13(2)11(14)6-7-16(15)10-5-3-4-9(12)8-10/h3-5,8H,6-7,12H2,1-2H3. The van der Waals surface area contributed by atoms with Crippen molar-refractivity contribution in [2.24, 2.45) is 0 Å². The van der Waals surface area contributed by atoms with Crippen LogP contribution in [0.1, 0.15) is 6.42 Å². The summed E-state index contributed by atoms with van der Waals surface area (Å²) in [5.74, 6) is 0.317. The molecule has 4 nitrogen and oxygen atoms in total. The van der Waals surface area contributed by atoms with Gasteiger partial charge in [0, 0.05) is 36.9 Å². The van der Waals surface area contributed by atoms with Gasteiger partial charge in [-0.05, 0) is 18.2 Å². The number of benzene rings is 1. The molecule has 1 aromatic carbocycles. The van der Waals surface area contributed by atoms with Crippen molar-refractivity contribution in [1.82, 2.24) is 4.90 Å². The van der Waals surface area contributed by atoms with Crippen LogP contribution in [-0.4, -0.2) is 34.9 Å². The summed E-state index contributed by atoms with van der Waals surface area (Å²) in [5.41, 5.74) is 6.18.